The van der Waals surface area contributed by atoms with Gasteiger partial charge in [-0.2, -0.15) is 0 Å². The predicted octanol–water partition coefficient (Wildman–Crippen LogP) is 1.93. The molecule has 0 bridgehead atoms. The summed E-state index contributed by atoms with van der Waals surface area (Å²) in [6.07, 6.45) is 1.96. The maximum Gasteiger partial charge on any atom is 0.410 e. The summed E-state index contributed by atoms with van der Waals surface area (Å²) in [5.74, 6) is -0.0445. The van der Waals surface area contributed by atoms with Crippen LogP contribution in [0, 0.1) is 5.92 Å². The lowest BCUT2D eigenvalue weighted by Gasteiger charge is -2.32. The van der Waals surface area contributed by atoms with Crippen molar-refractivity contribution in [2.75, 3.05) is 20.2 Å². The van der Waals surface area contributed by atoms with E-state index in [1.807, 2.05) is 30.3 Å². The first kappa shape index (κ1) is 17.3. The van der Waals surface area contributed by atoms with Gasteiger partial charge in [0.15, 0.2) is 0 Å². The lowest BCUT2D eigenvalue weighted by molar-refractivity contribution is -0.142. The summed E-state index contributed by atoms with van der Waals surface area (Å²) in [6, 6.07) is 9.02. The summed E-state index contributed by atoms with van der Waals surface area (Å²) in [4.78, 5) is 25.1. The molecule has 0 unspecified atom stereocenters. The average molecular weight is 320 g/mol. The molecule has 1 aliphatic heterocycles. The molecule has 0 saturated carbocycles. The third kappa shape index (κ3) is 5.25. The molecule has 1 amide bonds. The molecule has 0 aliphatic carbocycles. The quantitative estimate of drug-likeness (QED) is 0.838. The molecular formula is C17H24N2O4. The van der Waals surface area contributed by atoms with Gasteiger partial charge >= 0.3 is 12.1 Å². The molecular weight excluding hydrogens is 296 g/mol. The van der Waals surface area contributed by atoms with E-state index in [-0.39, 0.29) is 18.7 Å². The Balaban J connectivity index is 1.71. The van der Waals surface area contributed by atoms with Crippen molar-refractivity contribution in [3.8, 4) is 0 Å². The van der Waals surface area contributed by atoms with Crippen LogP contribution < -0.4 is 5.73 Å². The third-order valence-corrected chi connectivity index (χ3v) is 4.17. The van der Waals surface area contributed by atoms with Gasteiger partial charge in [-0.05, 0) is 30.7 Å². The molecule has 6 nitrogen and oxygen atoms in total. The molecule has 6 heteroatoms. The normalized spacial score (nSPS) is 16.7. The van der Waals surface area contributed by atoms with Crippen LogP contribution in [0.15, 0.2) is 30.3 Å². The summed E-state index contributed by atoms with van der Waals surface area (Å²) in [7, 11) is 1.34. The Hall–Kier alpha value is -2.08. The van der Waals surface area contributed by atoms with Gasteiger partial charge in [0.2, 0.25) is 0 Å². The minimum Gasteiger partial charge on any atom is -0.468 e. The number of amides is 1. The molecule has 0 radical (unpaired) electrons. The summed E-state index contributed by atoms with van der Waals surface area (Å²) in [5, 5.41) is 0. The highest BCUT2D eigenvalue weighted by molar-refractivity contribution is 5.75. The number of carbonyl (C=O) groups is 2. The molecule has 1 aliphatic rings. The van der Waals surface area contributed by atoms with Gasteiger partial charge in [-0.3, -0.25) is 4.79 Å². The zero-order chi connectivity index (χ0) is 16.7. The van der Waals surface area contributed by atoms with Gasteiger partial charge in [0, 0.05) is 13.1 Å². The van der Waals surface area contributed by atoms with E-state index in [4.69, 9.17) is 10.5 Å². The highest BCUT2D eigenvalue weighted by Gasteiger charge is 2.27. The molecule has 0 spiro atoms. The van der Waals surface area contributed by atoms with Gasteiger partial charge in [-0.15, -0.1) is 0 Å². The first-order valence-electron chi connectivity index (χ1n) is 7.89. The van der Waals surface area contributed by atoms with Crippen LogP contribution in [0.5, 0.6) is 0 Å². The second kappa shape index (κ2) is 8.53. The molecule has 0 aromatic heterocycles. The molecule has 1 aromatic rings. The molecule has 1 heterocycles. The number of nitrogens with two attached hydrogens (primary N) is 1. The standard InChI is InChI=1S/C17H24N2O4/c1-22-16(20)15(18)11-13-7-9-19(10-8-13)17(21)23-12-14-5-3-2-4-6-14/h2-6,13,15H,7-12,18H2,1H3/t15-/m0/s1. The van der Waals surface area contributed by atoms with Crippen LogP contribution in [0.25, 0.3) is 0 Å². The molecule has 2 N–H and O–H groups in total. The van der Waals surface area contributed by atoms with Crippen molar-refractivity contribution in [1.82, 2.24) is 4.90 Å². The van der Waals surface area contributed by atoms with Crippen LogP contribution in [0.4, 0.5) is 4.79 Å². The lowest BCUT2D eigenvalue weighted by Crippen LogP contribution is -2.41. The summed E-state index contributed by atoms with van der Waals surface area (Å²) in [5.41, 5.74) is 6.76. The zero-order valence-electron chi connectivity index (χ0n) is 13.4. The number of ether oxygens (including phenoxy) is 2. The number of methoxy groups -OCH3 is 1. The van der Waals surface area contributed by atoms with E-state index in [0.717, 1.165) is 18.4 Å². The Bertz CT molecular complexity index is 513. The lowest BCUT2D eigenvalue weighted by atomic mass is 9.90. The number of likely N-dealkylation sites (tertiary alicyclic amines) is 1. The summed E-state index contributed by atoms with van der Waals surface area (Å²) < 4.78 is 9.97. The predicted molar refractivity (Wildman–Crippen MR) is 85.5 cm³/mol. The van der Waals surface area contributed by atoms with Gasteiger partial charge in [-0.1, -0.05) is 30.3 Å². The Morgan fingerprint density at radius 3 is 2.52 bits per heavy atom. The highest BCUT2D eigenvalue weighted by Crippen LogP contribution is 2.22. The zero-order valence-corrected chi connectivity index (χ0v) is 13.4. The fourth-order valence-electron chi connectivity index (χ4n) is 2.77. The van der Waals surface area contributed by atoms with Crippen molar-refractivity contribution < 1.29 is 19.1 Å². The fraction of sp³-hybridized carbons (Fsp3) is 0.529. The number of rotatable bonds is 5. The topological polar surface area (TPSA) is 81.9 Å². The smallest absolute Gasteiger partial charge is 0.410 e. The number of benzene rings is 1. The van der Waals surface area contributed by atoms with Gasteiger partial charge in [0.1, 0.15) is 12.6 Å². The van der Waals surface area contributed by atoms with Gasteiger partial charge < -0.3 is 20.1 Å². The molecule has 2 rings (SSSR count). The summed E-state index contributed by atoms with van der Waals surface area (Å²) in [6.45, 7) is 1.55. The molecule has 1 saturated heterocycles. The van der Waals surface area contributed by atoms with E-state index >= 15 is 0 Å². The summed E-state index contributed by atoms with van der Waals surface area (Å²) >= 11 is 0. The van der Waals surface area contributed by atoms with E-state index in [1.165, 1.54) is 7.11 Å². The fourth-order valence-corrected chi connectivity index (χ4v) is 2.77. The van der Waals surface area contributed by atoms with Crippen molar-refractivity contribution in [3.63, 3.8) is 0 Å². The van der Waals surface area contributed by atoms with Crippen LogP contribution in [-0.2, 0) is 20.9 Å². The van der Waals surface area contributed by atoms with Crippen LogP contribution in [0.1, 0.15) is 24.8 Å². The maximum atomic E-state index is 12.1. The average Bonchev–Trinajstić information content (AvgIpc) is 2.60. The van der Waals surface area contributed by atoms with Crippen molar-refractivity contribution in [2.45, 2.75) is 31.9 Å². The maximum absolute atomic E-state index is 12.1. The molecule has 1 atom stereocenters. The number of hydrogen-bond acceptors (Lipinski definition) is 5. The monoisotopic (exact) mass is 320 g/mol. The number of carbonyl (C=O) groups excluding carboxylic acids is 2. The first-order valence-corrected chi connectivity index (χ1v) is 7.89. The van der Waals surface area contributed by atoms with Crippen LogP contribution >= 0.6 is 0 Å². The van der Waals surface area contributed by atoms with Gasteiger partial charge in [0.25, 0.3) is 0 Å². The molecule has 126 valence electrons. The van der Waals surface area contributed by atoms with Gasteiger partial charge in [0.05, 0.1) is 7.11 Å². The van der Waals surface area contributed by atoms with Crippen LogP contribution in [-0.4, -0.2) is 43.2 Å². The molecule has 1 fully saturated rings. The van der Waals surface area contributed by atoms with Crippen molar-refractivity contribution in [1.29, 1.82) is 0 Å². The molecule has 1 aromatic carbocycles. The minimum atomic E-state index is -0.582. The second-order valence-electron chi connectivity index (χ2n) is 5.84. The van der Waals surface area contributed by atoms with E-state index in [1.54, 1.807) is 4.90 Å². The van der Waals surface area contributed by atoms with E-state index in [2.05, 4.69) is 4.74 Å². The van der Waals surface area contributed by atoms with Gasteiger partial charge in [-0.25, -0.2) is 4.79 Å². The van der Waals surface area contributed by atoms with E-state index < -0.39 is 6.04 Å². The largest absolute Gasteiger partial charge is 0.468 e. The van der Waals surface area contributed by atoms with Crippen LogP contribution in [0.3, 0.4) is 0 Å². The minimum absolute atomic E-state index is 0.285. The number of nitrogens with zero attached hydrogens (tertiary/aromatic N) is 1. The highest BCUT2D eigenvalue weighted by atomic mass is 16.6. The SMILES string of the molecule is COC(=O)[C@@H](N)CC1CCN(C(=O)OCc2ccccc2)CC1. The second-order valence-corrected chi connectivity index (χ2v) is 5.84. The Morgan fingerprint density at radius 1 is 1.26 bits per heavy atom. The number of piperidine rings is 1. The molecule has 23 heavy (non-hydrogen) atoms. The number of hydrogen-bond donors (Lipinski definition) is 1. The van der Waals surface area contributed by atoms with Crippen LogP contribution in [0.2, 0.25) is 0 Å². The Labute approximate surface area is 136 Å². The third-order valence-electron chi connectivity index (χ3n) is 4.17. The van der Waals surface area contributed by atoms with E-state index in [0.29, 0.717) is 25.4 Å². The Kier molecular flexibility index (Phi) is 6.40. The Morgan fingerprint density at radius 2 is 1.91 bits per heavy atom. The first-order chi connectivity index (χ1) is 11.1. The van der Waals surface area contributed by atoms with Crippen molar-refractivity contribution in [2.24, 2.45) is 11.7 Å². The van der Waals surface area contributed by atoms with Crippen molar-refractivity contribution >= 4 is 12.1 Å². The number of esters is 1. The van der Waals surface area contributed by atoms with Crippen molar-refractivity contribution in [3.05, 3.63) is 35.9 Å². The van der Waals surface area contributed by atoms with E-state index in [9.17, 15) is 9.59 Å².